The highest BCUT2D eigenvalue weighted by molar-refractivity contribution is 6.05. The topological polar surface area (TPSA) is 133 Å². The van der Waals surface area contributed by atoms with Gasteiger partial charge in [0.05, 0.1) is 24.7 Å². The number of benzene rings is 2. The van der Waals surface area contributed by atoms with Gasteiger partial charge in [0.15, 0.2) is 5.69 Å². The molecule has 0 saturated carbocycles. The smallest absolute Gasteiger partial charge is 0.269 e. The van der Waals surface area contributed by atoms with Gasteiger partial charge in [0.1, 0.15) is 5.75 Å². The third kappa shape index (κ3) is 4.13. The number of anilines is 1. The molecule has 0 bridgehead atoms. The lowest BCUT2D eigenvalue weighted by Crippen LogP contribution is -2.19. The number of hydrogen-bond donors (Lipinski definition) is 3. The molecule has 1 aromatic heterocycles. The number of primary amides is 1. The van der Waals surface area contributed by atoms with Gasteiger partial charge >= 0.3 is 0 Å². The molecule has 1 heterocycles. The Bertz CT molecular complexity index is 1020. The van der Waals surface area contributed by atoms with Crippen LogP contribution in [0.1, 0.15) is 26.5 Å². The maximum Gasteiger partial charge on any atom is 0.269 e. The van der Waals surface area contributed by atoms with Crippen LogP contribution >= 0.6 is 0 Å². The fourth-order valence-corrected chi connectivity index (χ4v) is 2.60. The second kappa shape index (κ2) is 8.28. The molecule has 0 unspecified atom stereocenters. The first kappa shape index (κ1) is 19.0. The molecule has 3 rings (SSSR count). The summed E-state index contributed by atoms with van der Waals surface area (Å²) < 4.78 is 5.10. The van der Waals surface area contributed by atoms with Gasteiger partial charge in [-0.25, -0.2) is 4.98 Å². The molecule has 8 nitrogen and oxygen atoms in total. The first-order valence-corrected chi connectivity index (χ1v) is 8.43. The zero-order valence-corrected chi connectivity index (χ0v) is 15.2. The summed E-state index contributed by atoms with van der Waals surface area (Å²) >= 11 is 0. The Morgan fingerprint density at radius 3 is 2.54 bits per heavy atom. The molecule has 0 radical (unpaired) electrons. The van der Waals surface area contributed by atoms with E-state index in [0.29, 0.717) is 34.0 Å². The van der Waals surface area contributed by atoms with Crippen molar-refractivity contribution in [3.8, 4) is 17.0 Å². The molecule has 2 aromatic carbocycles. The number of amides is 2. The quantitative estimate of drug-likeness (QED) is 0.601. The van der Waals surface area contributed by atoms with Gasteiger partial charge < -0.3 is 21.5 Å². The van der Waals surface area contributed by atoms with E-state index >= 15 is 0 Å². The minimum atomic E-state index is -0.705. The maximum atomic E-state index is 12.6. The van der Waals surface area contributed by atoms with Crippen LogP contribution in [0.25, 0.3) is 11.3 Å². The SMILES string of the molecule is COc1ccc(NC(=O)c2cccc(-c3cnc(CN)c(C(N)=O)n3)c2)cc1. The molecule has 0 aliphatic heterocycles. The molecule has 0 aliphatic carbocycles. The molecule has 5 N–H and O–H groups in total. The van der Waals surface area contributed by atoms with Gasteiger partial charge in [0.25, 0.3) is 11.8 Å². The molecular weight excluding hydrogens is 358 g/mol. The van der Waals surface area contributed by atoms with Gasteiger partial charge in [0.2, 0.25) is 0 Å². The summed E-state index contributed by atoms with van der Waals surface area (Å²) in [5.74, 6) is -0.290. The predicted octanol–water partition coefficient (Wildman–Crippen LogP) is 1.96. The second-order valence-corrected chi connectivity index (χ2v) is 5.88. The number of nitrogens with one attached hydrogen (secondary N) is 1. The number of methoxy groups -OCH3 is 1. The lowest BCUT2D eigenvalue weighted by molar-refractivity contribution is 0.0992. The van der Waals surface area contributed by atoms with E-state index in [4.69, 9.17) is 16.2 Å². The Balaban J connectivity index is 1.86. The van der Waals surface area contributed by atoms with E-state index in [2.05, 4.69) is 15.3 Å². The second-order valence-electron chi connectivity index (χ2n) is 5.88. The molecule has 0 atom stereocenters. The van der Waals surface area contributed by atoms with Crippen molar-refractivity contribution < 1.29 is 14.3 Å². The van der Waals surface area contributed by atoms with Crippen molar-refractivity contribution >= 4 is 17.5 Å². The van der Waals surface area contributed by atoms with E-state index in [1.807, 2.05) is 0 Å². The van der Waals surface area contributed by atoms with E-state index in [-0.39, 0.29) is 18.1 Å². The summed E-state index contributed by atoms with van der Waals surface area (Å²) in [7, 11) is 1.58. The summed E-state index contributed by atoms with van der Waals surface area (Å²) in [5.41, 5.74) is 13.4. The van der Waals surface area contributed by atoms with Crippen LogP contribution in [0, 0.1) is 0 Å². The number of carbonyl (C=O) groups excluding carboxylic acids is 2. The summed E-state index contributed by atoms with van der Waals surface area (Å²) in [6, 6.07) is 13.8. The standard InChI is InChI=1S/C20H19N5O3/c1-28-15-7-5-14(6-8-15)24-20(27)13-4-2-3-12(9-13)17-11-23-16(10-21)18(25-17)19(22)26/h2-9,11H,10,21H2,1H3,(H2,22,26)(H,24,27). The Kier molecular flexibility index (Phi) is 5.61. The molecule has 0 saturated heterocycles. The average Bonchev–Trinajstić information content (AvgIpc) is 2.73. The van der Waals surface area contributed by atoms with Crippen molar-refractivity contribution in [1.82, 2.24) is 9.97 Å². The largest absolute Gasteiger partial charge is 0.497 e. The van der Waals surface area contributed by atoms with Gasteiger partial charge in [0, 0.05) is 23.4 Å². The molecule has 0 spiro atoms. The van der Waals surface area contributed by atoms with E-state index < -0.39 is 5.91 Å². The Morgan fingerprint density at radius 2 is 1.89 bits per heavy atom. The van der Waals surface area contributed by atoms with Crippen LogP contribution in [-0.2, 0) is 6.54 Å². The fraction of sp³-hybridized carbons (Fsp3) is 0.100. The van der Waals surface area contributed by atoms with Crippen LogP contribution < -0.4 is 21.5 Å². The monoisotopic (exact) mass is 377 g/mol. The highest BCUT2D eigenvalue weighted by Gasteiger charge is 2.14. The number of nitrogens with two attached hydrogens (primary N) is 2. The Morgan fingerprint density at radius 1 is 1.14 bits per heavy atom. The summed E-state index contributed by atoms with van der Waals surface area (Å²) in [4.78, 5) is 32.5. The van der Waals surface area contributed by atoms with Gasteiger partial charge in [-0.05, 0) is 36.4 Å². The molecule has 8 heteroatoms. The van der Waals surface area contributed by atoms with Crippen LogP contribution in [0.15, 0.2) is 54.7 Å². The van der Waals surface area contributed by atoms with E-state index in [1.54, 1.807) is 55.6 Å². The maximum absolute atomic E-state index is 12.6. The molecule has 0 aliphatic rings. The van der Waals surface area contributed by atoms with Gasteiger partial charge in [-0.15, -0.1) is 0 Å². The molecule has 3 aromatic rings. The lowest BCUT2D eigenvalue weighted by atomic mass is 10.1. The fourth-order valence-electron chi connectivity index (χ4n) is 2.60. The normalized spacial score (nSPS) is 10.4. The molecule has 28 heavy (non-hydrogen) atoms. The summed E-state index contributed by atoms with van der Waals surface area (Å²) in [5, 5.41) is 2.81. The summed E-state index contributed by atoms with van der Waals surface area (Å²) in [6.07, 6.45) is 1.50. The molecule has 142 valence electrons. The van der Waals surface area contributed by atoms with Gasteiger partial charge in [-0.3, -0.25) is 14.6 Å². The third-order valence-corrected chi connectivity index (χ3v) is 4.04. The third-order valence-electron chi connectivity index (χ3n) is 4.04. The number of ether oxygens (including phenoxy) is 1. The zero-order valence-electron chi connectivity index (χ0n) is 15.2. The van der Waals surface area contributed by atoms with Crippen LogP contribution in [0.3, 0.4) is 0 Å². The zero-order chi connectivity index (χ0) is 20.1. The van der Waals surface area contributed by atoms with Crippen molar-refractivity contribution in [3.63, 3.8) is 0 Å². The van der Waals surface area contributed by atoms with Crippen molar-refractivity contribution in [1.29, 1.82) is 0 Å². The van der Waals surface area contributed by atoms with E-state index in [0.717, 1.165) is 0 Å². The minimum absolute atomic E-state index is 0.0214. The van der Waals surface area contributed by atoms with Crippen molar-refractivity contribution in [2.24, 2.45) is 11.5 Å². The van der Waals surface area contributed by atoms with Crippen LogP contribution in [0.2, 0.25) is 0 Å². The Hall–Kier alpha value is -3.78. The summed E-state index contributed by atoms with van der Waals surface area (Å²) in [6.45, 7) is 0.0514. The molecule has 2 amide bonds. The number of carbonyl (C=O) groups is 2. The number of nitrogens with zero attached hydrogens (tertiary/aromatic N) is 2. The van der Waals surface area contributed by atoms with Crippen LogP contribution in [0.5, 0.6) is 5.75 Å². The first-order valence-electron chi connectivity index (χ1n) is 8.43. The van der Waals surface area contributed by atoms with E-state index in [9.17, 15) is 9.59 Å². The van der Waals surface area contributed by atoms with Crippen LogP contribution in [0.4, 0.5) is 5.69 Å². The number of rotatable bonds is 6. The number of aromatic nitrogens is 2. The predicted molar refractivity (Wildman–Crippen MR) is 105 cm³/mol. The molecule has 0 fully saturated rings. The first-order chi connectivity index (χ1) is 13.5. The van der Waals surface area contributed by atoms with Crippen LogP contribution in [-0.4, -0.2) is 28.9 Å². The van der Waals surface area contributed by atoms with Gasteiger partial charge in [-0.2, -0.15) is 0 Å². The van der Waals surface area contributed by atoms with Crippen molar-refractivity contribution in [2.45, 2.75) is 6.54 Å². The highest BCUT2D eigenvalue weighted by atomic mass is 16.5. The van der Waals surface area contributed by atoms with Crippen molar-refractivity contribution in [2.75, 3.05) is 12.4 Å². The van der Waals surface area contributed by atoms with E-state index in [1.165, 1.54) is 6.20 Å². The molecular formula is C20H19N5O3. The average molecular weight is 377 g/mol. The minimum Gasteiger partial charge on any atom is -0.497 e. The highest BCUT2D eigenvalue weighted by Crippen LogP contribution is 2.21. The number of hydrogen-bond acceptors (Lipinski definition) is 6. The lowest BCUT2D eigenvalue weighted by Gasteiger charge is -2.09. The van der Waals surface area contributed by atoms with Crippen molar-refractivity contribution in [3.05, 3.63) is 71.7 Å². The Labute approximate surface area is 161 Å². The van der Waals surface area contributed by atoms with Gasteiger partial charge in [-0.1, -0.05) is 12.1 Å².